The van der Waals surface area contributed by atoms with Crippen LogP contribution < -0.4 is 24.7 Å². The molecule has 10 heteroatoms. The quantitative estimate of drug-likeness (QED) is 0.404. The number of carbonyl (C=O) groups is 2. The largest absolute Gasteiger partial charge is 0.546 e. The second-order valence-corrected chi connectivity index (χ2v) is 6.99. The van der Waals surface area contributed by atoms with Crippen molar-refractivity contribution >= 4 is 50.0 Å². The average Bonchev–Trinajstić information content (AvgIpc) is 2.65. The van der Waals surface area contributed by atoms with E-state index in [4.69, 9.17) is 14.2 Å². The number of hydrazone groups is 1. The molecule has 0 radical (unpaired) electrons. The minimum absolute atomic E-state index is 0.236. The first-order valence-corrected chi connectivity index (χ1v) is 9.38. The number of amides is 1. The van der Waals surface area contributed by atoms with Gasteiger partial charge in [-0.3, -0.25) is 4.79 Å². The Balaban J connectivity index is 1.95. The normalized spacial score (nSPS) is 10.5. The Bertz CT molecular complexity index is 871. The number of hydrogen-bond acceptors (Lipinski definition) is 7. The summed E-state index contributed by atoms with van der Waals surface area (Å²) in [5, 5.41) is 14.5. The van der Waals surface area contributed by atoms with Crippen LogP contribution in [0, 0.1) is 0 Å². The molecule has 0 saturated carbocycles. The van der Waals surface area contributed by atoms with E-state index in [0.29, 0.717) is 26.0 Å². The van der Waals surface area contributed by atoms with Crippen molar-refractivity contribution in [1.82, 2.24) is 5.43 Å². The van der Waals surface area contributed by atoms with E-state index >= 15 is 0 Å². The fourth-order valence-electron chi connectivity index (χ4n) is 1.99. The monoisotopic (exact) mass is 513 g/mol. The molecule has 0 saturated heterocycles. The number of halogens is 2. The fourth-order valence-corrected chi connectivity index (χ4v) is 3.36. The van der Waals surface area contributed by atoms with Gasteiger partial charge in [0.25, 0.3) is 5.91 Å². The molecule has 148 valence electrons. The molecule has 28 heavy (non-hydrogen) atoms. The van der Waals surface area contributed by atoms with Gasteiger partial charge in [-0.1, -0.05) is 15.9 Å². The van der Waals surface area contributed by atoms with Gasteiger partial charge in [0.05, 0.1) is 23.8 Å². The second-order valence-electron chi connectivity index (χ2n) is 5.22. The van der Waals surface area contributed by atoms with Crippen LogP contribution in [0.3, 0.4) is 0 Å². The van der Waals surface area contributed by atoms with E-state index in [9.17, 15) is 14.7 Å². The van der Waals surface area contributed by atoms with Gasteiger partial charge >= 0.3 is 0 Å². The lowest BCUT2D eigenvalue weighted by molar-refractivity contribution is -0.307. The summed E-state index contributed by atoms with van der Waals surface area (Å²) < 4.78 is 16.8. The van der Waals surface area contributed by atoms with E-state index in [1.165, 1.54) is 6.21 Å². The first-order valence-electron chi connectivity index (χ1n) is 7.79. The van der Waals surface area contributed by atoms with Crippen LogP contribution in [-0.4, -0.2) is 38.4 Å². The van der Waals surface area contributed by atoms with Crippen molar-refractivity contribution in [3.8, 4) is 17.2 Å². The van der Waals surface area contributed by atoms with E-state index < -0.39 is 18.5 Å². The average molecular weight is 515 g/mol. The lowest BCUT2D eigenvalue weighted by Crippen LogP contribution is -2.29. The van der Waals surface area contributed by atoms with Crippen molar-refractivity contribution in [2.75, 3.05) is 20.3 Å². The zero-order valence-electron chi connectivity index (χ0n) is 14.6. The van der Waals surface area contributed by atoms with E-state index in [2.05, 4.69) is 42.4 Å². The highest BCUT2D eigenvalue weighted by Gasteiger charge is 2.10. The number of benzene rings is 2. The molecule has 8 nitrogen and oxygen atoms in total. The fraction of sp³-hybridized carbons (Fsp3) is 0.167. The summed E-state index contributed by atoms with van der Waals surface area (Å²) in [6.45, 7) is -0.858. The van der Waals surface area contributed by atoms with Crippen molar-refractivity contribution in [2.45, 2.75) is 0 Å². The molecule has 0 bridgehead atoms. The van der Waals surface area contributed by atoms with E-state index in [1.54, 1.807) is 43.5 Å². The van der Waals surface area contributed by atoms with Crippen LogP contribution in [0.25, 0.3) is 0 Å². The molecule has 0 fully saturated rings. The van der Waals surface area contributed by atoms with Crippen LogP contribution in [0.15, 0.2) is 50.4 Å². The van der Waals surface area contributed by atoms with Crippen LogP contribution >= 0.6 is 31.9 Å². The Labute approximate surface area is 177 Å². The minimum atomic E-state index is -1.36. The number of methoxy groups -OCH3 is 1. The smallest absolute Gasteiger partial charge is 0.277 e. The van der Waals surface area contributed by atoms with Crippen LogP contribution in [-0.2, 0) is 9.59 Å². The molecule has 2 aromatic carbocycles. The molecule has 0 aliphatic carbocycles. The molecule has 1 N–H and O–H groups in total. The summed E-state index contributed by atoms with van der Waals surface area (Å²) in [6, 6.07) is 10.1. The van der Waals surface area contributed by atoms with Gasteiger partial charge in [-0.2, -0.15) is 5.10 Å². The number of nitrogens with zero attached hydrogens (tertiary/aromatic N) is 1. The summed E-state index contributed by atoms with van der Waals surface area (Å²) in [5.41, 5.74) is 2.76. The number of rotatable bonds is 9. The molecule has 1 amide bonds. The van der Waals surface area contributed by atoms with Crippen LogP contribution in [0.4, 0.5) is 0 Å². The van der Waals surface area contributed by atoms with Crippen molar-refractivity contribution in [3.05, 3.63) is 50.9 Å². The topological polar surface area (TPSA) is 109 Å². The molecular weight excluding hydrogens is 500 g/mol. The number of nitrogens with one attached hydrogen (secondary N) is 1. The molecule has 0 aliphatic heterocycles. The Hall–Kier alpha value is -2.59. The predicted molar refractivity (Wildman–Crippen MR) is 107 cm³/mol. The first-order chi connectivity index (χ1) is 13.4. The second kappa shape index (κ2) is 10.7. The van der Waals surface area contributed by atoms with Crippen molar-refractivity contribution in [2.24, 2.45) is 5.10 Å². The Morgan fingerprint density at radius 3 is 2.43 bits per heavy atom. The third kappa shape index (κ3) is 6.86. The molecule has 0 unspecified atom stereocenters. The molecule has 0 heterocycles. The minimum Gasteiger partial charge on any atom is -0.546 e. The number of carboxylic acid groups (broad SMARTS) is 1. The Morgan fingerprint density at radius 1 is 1.11 bits per heavy atom. The molecule has 0 atom stereocenters. The lowest BCUT2D eigenvalue weighted by atomic mass is 10.2. The first kappa shape index (κ1) is 21.7. The summed E-state index contributed by atoms with van der Waals surface area (Å²) in [4.78, 5) is 22.5. The Kier molecular flexibility index (Phi) is 8.27. The maximum atomic E-state index is 11.9. The number of carboxylic acids is 1. The van der Waals surface area contributed by atoms with Crippen LogP contribution in [0.2, 0.25) is 0 Å². The van der Waals surface area contributed by atoms with Gasteiger partial charge in [-0.15, -0.1) is 0 Å². The highest BCUT2D eigenvalue weighted by atomic mass is 79.9. The van der Waals surface area contributed by atoms with Gasteiger partial charge in [-0.05, 0) is 52.3 Å². The zero-order chi connectivity index (χ0) is 20.5. The molecule has 0 aliphatic rings. The van der Waals surface area contributed by atoms with Crippen LogP contribution in [0.5, 0.6) is 17.2 Å². The molecular formula is C18H15Br2N2O6-. The van der Waals surface area contributed by atoms with Gasteiger partial charge in [0.15, 0.2) is 6.61 Å². The number of ether oxygens (including phenoxy) is 3. The van der Waals surface area contributed by atoms with Gasteiger partial charge < -0.3 is 24.1 Å². The molecule has 0 aromatic heterocycles. The third-order valence-electron chi connectivity index (χ3n) is 3.19. The van der Waals surface area contributed by atoms with Gasteiger partial charge in [0.1, 0.15) is 23.9 Å². The van der Waals surface area contributed by atoms with Gasteiger partial charge in [0.2, 0.25) is 0 Å². The van der Waals surface area contributed by atoms with Crippen molar-refractivity contribution in [1.29, 1.82) is 0 Å². The summed E-state index contributed by atoms with van der Waals surface area (Å²) in [5.74, 6) is -0.396. The summed E-state index contributed by atoms with van der Waals surface area (Å²) in [7, 11) is 1.56. The number of aliphatic carboxylic acids is 1. The predicted octanol–water partition coefficient (Wildman–Crippen LogP) is 1.88. The van der Waals surface area contributed by atoms with E-state index in [1.807, 2.05) is 0 Å². The van der Waals surface area contributed by atoms with Crippen LogP contribution in [0.1, 0.15) is 5.56 Å². The highest BCUT2D eigenvalue weighted by molar-refractivity contribution is 9.11. The number of carbonyl (C=O) groups excluding carboxylic acids is 2. The maximum absolute atomic E-state index is 11.9. The zero-order valence-corrected chi connectivity index (χ0v) is 17.8. The van der Waals surface area contributed by atoms with Gasteiger partial charge in [-0.25, -0.2) is 5.43 Å². The SMILES string of the molecule is COc1ccc(OCC(=O)NN=Cc2cc(Br)cc(Br)c2OCC(=O)[O-])cc1. The van der Waals surface area contributed by atoms with Crippen molar-refractivity contribution in [3.63, 3.8) is 0 Å². The summed E-state index contributed by atoms with van der Waals surface area (Å²) >= 11 is 6.60. The van der Waals surface area contributed by atoms with E-state index in [-0.39, 0.29) is 12.4 Å². The van der Waals surface area contributed by atoms with E-state index in [0.717, 1.165) is 0 Å². The number of hydrogen-bond donors (Lipinski definition) is 1. The van der Waals surface area contributed by atoms with Gasteiger partial charge in [0, 0.05) is 10.0 Å². The highest BCUT2D eigenvalue weighted by Crippen LogP contribution is 2.32. The molecule has 0 spiro atoms. The summed E-state index contributed by atoms with van der Waals surface area (Å²) in [6.07, 6.45) is 1.32. The Morgan fingerprint density at radius 2 is 1.79 bits per heavy atom. The molecule has 2 rings (SSSR count). The standard InChI is InChI=1S/C18H16Br2N2O6/c1-26-13-2-4-14(5-3-13)27-9-16(23)22-21-8-11-6-12(19)7-15(20)18(11)28-10-17(24)25/h2-8H,9-10H2,1H3,(H,22,23)(H,24,25)/p-1. The third-order valence-corrected chi connectivity index (χ3v) is 4.24. The maximum Gasteiger partial charge on any atom is 0.277 e. The molecule has 2 aromatic rings. The van der Waals surface area contributed by atoms with Crippen molar-refractivity contribution < 1.29 is 28.9 Å². The lowest BCUT2D eigenvalue weighted by Gasteiger charge is -2.12.